The molecule has 5 heteroatoms. The Morgan fingerprint density at radius 1 is 1.04 bits per heavy atom. The van der Waals surface area contributed by atoms with Crippen LogP contribution in [0.25, 0.3) is 0 Å². The minimum Gasteiger partial charge on any atom is -0.394 e. The van der Waals surface area contributed by atoms with Gasteiger partial charge in [0.25, 0.3) is 0 Å². The molecule has 0 bridgehead atoms. The van der Waals surface area contributed by atoms with Gasteiger partial charge >= 0.3 is 8.56 Å². The molecular formula is C22H40N2O2Si. The normalized spacial score (nSPS) is 11.5. The topological polar surface area (TPSA) is 33.7 Å². The summed E-state index contributed by atoms with van der Waals surface area (Å²) < 4.78 is 12.5. The Hall–Kier alpha value is -1.14. The molecule has 0 aliphatic rings. The number of hydrogen-bond donors (Lipinski definition) is 1. The van der Waals surface area contributed by atoms with Crippen molar-refractivity contribution in [1.29, 1.82) is 0 Å². The van der Waals surface area contributed by atoms with Gasteiger partial charge in [-0.15, -0.1) is 0 Å². The van der Waals surface area contributed by atoms with E-state index in [-0.39, 0.29) is 0 Å². The number of nitrogens with zero attached hydrogens (tertiary/aromatic N) is 1. The highest BCUT2D eigenvalue weighted by atomic mass is 28.4. The molecule has 1 rings (SSSR count). The van der Waals surface area contributed by atoms with Gasteiger partial charge in [0, 0.05) is 32.8 Å². The van der Waals surface area contributed by atoms with Gasteiger partial charge in [-0.05, 0) is 49.7 Å². The van der Waals surface area contributed by atoms with Crippen molar-refractivity contribution in [3.63, 3.8) is 0 Å². The van der Waals surface area contributed by atoms with Crippen molar-refractivity contribution in [1.82, 2.24) is 10.2 Å². The van der Waals surface area contributed by atoms with Crippen LogP contribution in [-0.2, 0) is 15.4 Å². The highest BCUT2D eigenvalue weighted by molar-refractivity contribution is 6.67. The zero-order valence-electron chi connectivity index (χ0n) is 17.7. The first-order chi connectivity index (χ1) is 13.2. The average molecular weight is 393 g/mol. The molecule has 1 aromatic carbocycles. The van der Waals surface area contributed by atoms with Gasteiger partial charge in [0.05, 0.1) is 0 Å². The van der Waals surface area contributed by atoms with Crippen LogP contribution >= 0.6 is 0 Å². The summed E-state index contributed by atoms with van der Waals surface area (Å²) in [6.45, 7) is 16.0. The minimum absolute atomic E-state index is 0.824. The first kappa shape index (κ1) is 23.9. The van der Waals surface area contributed by atoms with Crippen molar-refractivity contribution in [3.8, 4) is 0 Å². The Labute approximate surface area is 168 Å². The molecule has 27 heavy (non-hydrogen) atoms. The molecule has 0 amide bonds. The summed E-state index contributed by atoms with van der Waals surface area (Å²) in [7, 11) is -2.02. The molecule has 0 aromatic heterocycles. The van der Waals surface area contributed by atoms with Crippen LogP contribution in [0.5, 0.6) is 0 Å². The fraction of sp³-hybridized carbons (Fsp3) is 0.636. The van der Waals surface area contributed by atoms with Crippen LogP contribution in [-0.4, -0.2) is 46.3 Å². The van der Waals surface area contributed by atoms with Crippen molar-refractivity contribution in [2.45, 2.75) is 58.7 Å². The van der Waals surface area contributed by atoms with Gasteiger partial charge in [-0.1, -0.05) is 57.7 Å². The lowest BCUT2D eigenvalue weighted by molar-refractivity contribution is 0.167. The average Bonchev–Trinajstić information content (AvgIpc) is 2.72. The Morgan fingerprint density at radius 2 is 1.70 bits per heavy atom. The maximum atomic E-state index is 6.23. The van der Waals surface area contributed by atoms with Crippen LogP contribution in [0.4, 0.5) is 0 Å². The largest absolute Gasteiger partial charge is 0.394 e. The standard InChI is InChI=1S/C22H40N2O2Si/c1-5-18-25-27(8-4,26-19-6-2)20-12-15-23-16-17-24(7-3)21-22-13-10-9-11-14-22/h7,9-11,13-14,23H,3,5-6,8,12,15-21H2,1-2,4H3. The van der Waals surface area contributed by atoms with Gasteiger partial charge in [-0.3, -0.25) is 0 Å². The molecule has 0 aliphatic carbocycles. The van der Waals surface area contributed by atoms with Gasteiger partial charge < -0.3 is 19.1 Å². The quantitative estimate of drug-likeness (QED) is 0.301. The van der Waals surface area contributed by atoms with Crippen molar-refractivity contribution >= 4 is 8.56 Å². The number of hydrogen-bond acceptors (Lipinski definition) is 4. The maximum absolute atomic E-state index is 6.23. The molecule has 154 valence electrons. The van der Waals surface area contributed by atoms with E-state index < -0.39 is 8.56 Å². The lowest BCUT2D eigenvalue weighted by atomic mass is 10.2. The second kappa shape index (κ2) is 14.9. The van der Waals surface area contributed by atoms with Crippen LogP contribution in [0.1, 0.15) is 45.6 Å². The molecular weight excluding hydrogens is 352 g/mol. The van der Waals surface area contributed by atoms with Gasteiger partial charge in [-0.2, -0.15) is 0 Å². The summed E-state index contributed by atoms with van der Waals surface area (Å²) in [5.41, 5.74) is 1.32. The highest BCUT2D eigenvalue weighted by Gasteiger charge is 2.34. The summed E-state index contributed by atoms with van der Waals surface area (Å²) in [5.74, 6) is 0. The van der Waals surface area contributed by atoms with E-state index in [9.17, 15) is 0 Å². The molecule has 4 nitrogen and oxygen atoms in total. The summed E-state index contributed by atoms with van der Waals surface area (Å²) in [6, 6.07) is 12.6. The molecule has 0 saturated carbocycles. The predicted octanol–water partition coefficient (Wildman–Crippen LogP) is 4.93. The van der Waals surface area contributed by atoms with E-state index in [1.165, 1.54) is 5.56 Å². The third kappa shape index (κ3) is 10.1. The summed E-state index contributed by atoms with van der Waals surface area (Å²) >= 11 is 0. The molecule has 0 unspecified atom stereocenters. The number of nitrogens with one attached hydrogen (secondary N) is 1. The number of benzene rings is 1. The molecule has 0 fully saturated rings. The van der Waals surface area contributed by atoms with E-state index in [2.05, 4.69) is 67.9 Å². The Bertz CT molecular complexity index is 476. The van der Waals surface area contributed by atoms with Gasteiger partial charge in [0.1, 0.15) is 0 Å². The van der Waals surface area contributed by atoms with Crippen molar-refractivity contribution in [2.75, 3.05) is 32.8 Å². The lowest BCUT2D eigenvalue weighted by Gasteiger charge is -2.30. The Kier molecular flexibility index (Phi) is 13.1. The van der Waals surface area contributed by atoms with Crippen LogP contribution in [0, 0.1) is 0 Å². The van der Waals surface area contributed by atoms with Crippen molar-refractivity contribution < 1.29 is 8.85 Å². The molecule has 0 atom stereocenters. The smallest absolute Gasteiger partial charge is 0.337 e. The minimum atomic E-state index is -2.02. The van der Waals surface area contributed by atoms with E-state index >= 15 is 0 Å². The Balaban J connectivity index is 2.28. The van der Waals surface area contributed by atoms with Crippen molar-refractivity contribution in [3.05, 3.63) is 48.7 Å². The summed E-state index contributed by atoms with van der Waals surface area (Å²) in [6.07, 6.45) is 5.16. The zero-order valence-corrected chi connectivity index (χ0v) is 18.7. The first-order valence-corrected chi connectivity index (χ1v) is 12.8. The second-order valence-electron chi connectivity index (χ2n) is 6.95. The van der Waals surface area contributed by atoms with Crippen LogP contribution < -0.4 is 5.32 Å². The van der Waals surface area contributed by atoms with Gasteiger partial charge in [0.15, 0.2) is 0 Å². The maximum Gasteiger partial charge on any atom is 0.337 e. The molecule has 1 aromatic rings. The van der Waals surface area contributed by atoms with Gasteiger partial charge in [-0.25, -0.2) is 0 Å². The van der Waals surface area contributed by atoms with Crippen molar-refractivity contribution in [2.24, 2.45) is 0 Å². The summed E-state index contributed by atoms with van der Waals surface area (Å²) in [5, 5.41) is 3.57. The van der Waals surface area contributed by atoms with Gasteiger partial charge in [0.2, 0.25) is 0 Å². The zero-order chi connectivity index (χ0) is 19.8. The fourth-order valence-corrected chi connectivity index (χ4v) is 6.03. The molecule has 0 spiro atoms. The molecule has 1 N–H and O–H groups in total. The van der Waals surface area contributed by atoms with E-state index in [0.717, 1.165) is 70.7 Å². The number of rotatable bonds is 17. The molecule has 0 radical (unpaired) electrons. The second-order valence-corrected chi connectivity index (χ2v) is 10.6. The van der Waals surface area contributed by atoms with Crippen LogP contribution in [0.15, 0.2) is 43.1 Å². The van der Waals surface area contributed by atoms with Crippen LogP contribution in [0.3, 0.4) is 0 Å². The third-order valence-electron chi connectivity index (χ3n) is 4.65. The molecule has 0 heterocycles. The molecule has 0 saturated heterocycles. The van der Waals surface area contributed by atoms with Crippen LogP contribution in [0.2, 0.25) is 12.1 Å². The SMILES string of the molecule is C=CN(CCNCCC[Si](CC)(OCCC)OCCC)Cc1ccccc1. The monoisotopic (exact) mass is 392 g/mol. The van der Waals surface area contributed by atoms with E-state index in [1.807, 2.05) is 6.20 Å². The highest BCUT2D eigenvalue weighted by Crippen LogP contribution is 2.21. The third-order valence-corrected chi connectivity index (χ3v) is 8.30. The van der Waals surface area contributed by atoms with E-state index in [1.54, 1.807) is 0 Å². The lowest BCUT2D eigenvalue weighted by Crippen LogP contribution is -2.42. The Morgan fingerprint density at radius 3 is 2.26 bits per heavy atom. The fourth-order valence-electron chi connectivity index (χ4n) is 3.03. The van der Waals surface area contributed by atoms with E-state index in [0.29, 0.717) is 0 Å². The van der Waals surface area contributed by atoms with E-state index in [4.69, 9.17) is 8.85 Å². The first-order valence-electron chi connectivity index (χ1n) is 10.6. The summed E-state index contributed by atoms with van der Waals surface area (Å²) in [4.78, 5) is 2.25. The molecule has 0 aliphatic heterocycles. The predicted molar refractivity (Wildman–Crippen MR) is 118 cm³/mol.